The van der Waals surface area contributed by atoms with E-state index in [-0.39, 0.29) is 0 Å². The summed E-state index contributed by atoms with van der Waals surface area (Å²) in [6, 6.07) is 5.87. The standard InChI is InChI=1S/C13H14BrClN2S/c1-2-5-16-7-10-8-18-13(17-10)11-4-3-9(14)6-12(11)15/h3-4,6,8,16H,2,5,7H2,1H3. The molecule has 0 atom stereocenters. The van der Waals surface area contributed by atoms with E-state index < -0.39 is 0 Å². The molecular weight excluding hydrogens is 332 g/mol. The molecule has 0 radical (unpaired) electrons. The fraction of sp³-hybridized carbons (Fsp3) is 0.308. The van der Waals surface area contributed by atoms with E-state index in [4.69, 9.17) is 11.6 Å². The number of halogens is 2. The summed E-state index contributed by atoms with van der Waals surface area (Å²) < 4.78 is 0.984. The Morgan fingerprint density at radius 3 is 3.00 bits per heavy atom. The predicted molar refractivity (Wildman–Crippen MR) is 82.3 cm³/mol. The molecule has 0 saturated carbocycles. The van der Waals surface area contributed by atoms with Gasteiger partial charge in [-0.2, -0.15) is 0 Å². The summed E-state index contributed by atoms with van der Waals surface area (Å²) in [7, 11) is 0. The van der Waals surface area contributed by atoms with E-state index in [1.165, 1.54) is 0 Å². The topological polar surface area (TPSA) is 24.9 Å². The summed E-state index contributed by atoms with van der Waals surface area (Å²) in [4.78, 5) is 4.60. The third kappa shape index (κ3) is 3.54. The van der Waals surface area contributed by atoms with Crippen molar-refractivity contribution in [1.82, 2.24) is 10.3 Å². The average Bonchev–Trinajstić information content (AvgIpc) is 2.78. The lowest BCUT2D eigenvalue weighted by atomic mass is 10.2. The summed E-state index contributed by atoms with van der Waals surface area (Å²) >= 11 is 11.3. The van der Waals surface area contributed by atoms with Crippen molar-refractivity contribution in [2.45, 2.75) is 19.9 Å². The molecule has 0 bridgehead atoms. The van der Waals surface area contributed by atoms with Crippen molar-refractivity contribution in [3.8, 4) is 10.6 Å². The number of hydrogen-bond donors (Lipinski definition) is 1. The maximum atomic E-state index is 6.22. The van der Waals surface area contributed by atoms with Gasteiger partial charge in [-0.25, -0.2) is 4.98 Å². The molecule has 2 aromatic rings. The third-order valence-electron chi connectivity index (χ3n) is 2.45. The minimum Gasteiger partial charge on any atom is -0.311 e. The number of rotatable bonds is 5. The number of hydrogen-bond acceptors (Lipinski definition) is 3. The summed E-state index contributed by atoms with van der Waals surface area (Å²) in [5.41, 5.74) is 2.06. The van der Waals surface area contributed by atoms with Gasteiger partial charge < -0.3 is 5.32 Å². The minimum absolute atomic E-state index is 0.729. The Morgan fingerprint density at radius 2 is 2.28 bits per heavy atom. The maximum Gasteiger partial charge on any atom is 0.125 e. The first-order valence-electron chi connectivity index (χ1n) is 5.81. The molecule has 0 fully saturated rings. The second-order valence-corrected chi connectivity index (χ2v) is 6.13. The molecular formula is C13H14BrClN2S. The molecule has 0 saturated heterocycles. The van der Waals surface area contributed by atoms with Crippen molar-refractivity contribution >= 4 is 38.9 Å². The van der Waals surface area contributed by atoms with Crippen LogP contribution in [0, 0.1) is 0 Å². The van der Waals surface area contributed by atoms with Crippen molar-refractivity contribution in [3.63, 3.8) is 0 Å². The van der Waals surface area contributed by atoms with Gasteiger partial charge in [0.2, 0.25) is 0 Å². The lowest BCUT2D eigenvalue weighted by molar-refractivity contribution is 0.667. The normalized spacial score (nSPS) is 10.8. The molecule has 2 nitrogen and oxygen atoms in total. The van der Waals surface area contributed by atoms with Crippen molar-refractivity contribution < 1.29 is 0 Å². The van der Waals surface area contributed by atoms with Gasteiger partial charge in [-0.1, -0.05) is 34.5 Å². The second-order valence-electron chi connectivity index (χ2n) is 3.94. The Labute approximate surface area is 125 Å². The SMILES string of the molecule is CCCNCc1csc(-c2ccc(Br)cc2Cl)n1. The third-order valence-corrected chi connectivity index (χ3v) is 4.18. The summed E-state index contributed by atoms with van der Waals surface area (Å²) in [5.74, 6) is 0. The molecule has 5 heteroatoms. The molecule has 96 valence electrons. The molecule has 0 unspecified atom stereocenters. The lowest BCUT2D eigenvalue weighted by Gasteiger charge is -2.01. The lowest BCUT2D eigenvalue weighted by Crippen LogP contribution is -2.13. The summed E-state index contributed by atoms with van der Waals surface area (Å²) in [6.45, 7) is 3.99. The fourth-order valence-corrected chi connectivity index (χ4v) is 3.25. The molecule has 0 aliphatic rings. The molecule has 0 spiro atoms. The summed E-state index contributed by atoms with van der Waals surface area (Å²) in [6.07, 6.45) is 1.13. The van der Waals surface area contributed by atoms with Crippen molar-refractivity contribution in [3.05, 3.63) is 38.8 Å². The van der Waals surface area contributed by atoms with Crippen LogP contribution >= 0.6 is 38.9 Å². The van der Waals surface area contributed by atoms with Gasteiger partial charge in [0.05, 0.1) is 10.7 Å². The molecule has 1 N–H and O–H groups in total. The molecule has 1 aromatic heterocycles. The molecule has 0 amide bonds. The number of aromatic nitrogens is 1. The van der Waals surface area contributed by atoms with Gasteiger partial charge in [-0.15, -0.1) is 11.3 Å². The molecule has 2 rings (SSSR count). The van der Waals surface area contributed by atoms with Crippen molar-refractivity contribution in [2.24, 2.45) is 0 Å². The van der Waals surface area contributed by atoms with E-state index in [2.05, 4.69) is 38.5 Å². The number of thiazole rings is 1. The zero-order chi connectivity index (χ0) is 13.0. The monoisotopic (exact) mass is 344 g/mol. The van der Waals surface area contributed by atoms with Crippen LogP contribution in [0.2, 0.25) is 5.02 Å². The minimum atomic E-state index is 0.729. The van der Waals surface area contributed by atoms with E-state index in [0.29, 0.717) is 0 Å². The maximum absolute atomic E-state index is 6.22. The van der Waals surface area contributed by atoms with Crippen LogP contribution in [0.5, 0.6) is 0 Å². The highest BCUT2D eigenvalue weighted by Crippen LogP contribution is 2.32. The van der Waals surface area contributed by atoms with Gasteiger partial charge in [-0.3, -0.25) is 0 Å². The van der Waals surface area contributed by atoms with Gasteiger partial charge in [0.1, 0.15) is 5.01 Å². The van der Waals surface area contributed by atoms with Crippen LogP contribution in [0.15, 0.2) is 28.1 Å². The largest absolute Gasteiger partial charge is 0.311 e. The van der Waals surface area contributed by atoms with Crippen LogP contribution in [0.25, 0.3) is 10.6 Å². The quantitative estimate of drug-likeness (QED) is 0.793. The molecule has 1 aromatic carbocycles. The van der Waals surface area contributed by atoms with Crippen molar-refractivity contribution in [2.75, 3.05) is 6.54 Å². The Morgan fingerprint density at radius 1 is 1.44 bits per heavy atom. The van der Waals surface area contributed by atoms with Crippen LogP contribution in [0.1, 0.15) is 19.0 Å². The number of benzene rings is 1. The first-order chi connectivity index (χ1) is 8.70. The van der Waals surface area contributed by atoms with Crippen LogP contribution in [0.3, 0.4) is 0 Å². The average molecular weight is 346 g/mol. The number of nitrogens with zero attached hydrogens (tertiary/aromatic N) is 1. The zero-order valence-corrected chi connectivity index (χ0v) is 13.2. The van der Waals surface area contributed by atoms with Gasteiger partial charge in [0.15, 0.2) is 0 Å². The first kappa shape index (κ1) is 14.0. The smallest absolute Gasteiger partial charge is 0.125 e. The van der Waals surface area contributed by atoms with E-state index in [9.17, 15) is 0 Å². The van der Waals surface area contributed by atoms with Crippen LogP contribution in [-0.2, 0) is 6.54 Å². The highest BCUT2D eigenvalue weighted by molar-refractivity contribution is 9.10. The fourth-order valence-electron chi connectivity index (χ4n) is 1.57. The van der Waals surface area contributed by atoms with Crippen LogP contribution in [-0.4, -0.2) is 11.5 Å². The second kappa shape index (κ2) is 6.66. The van der Waals surface area contributed by atoms with Crippen molar-refractivity contribution in [1.29, 1.82) is 0 Å². The van der Waals surface area contributed by atoms with Crippen LogP contribution < -0.4 is 5.32 Å². The van der Waals surface area contributed by atoms with E-state index in [1.54, 1.807) is 11.3 Å². The molecule has 1 heterocycles. The van der Waals surface area contributed by atoms with Gasteiger partial charge >= 0.3 is 0 Å². The van der Waals surface area contributed by atoms with Gasteiger partial charge in [0, 0.05) is 22.0 Å². The molecule has 18 heavy (non-hydrogen) atoms. The highest BCUT2D eigenvalue weighted by atomic mass is 79.9. The Hall–Kier alpha value is -0.420. The molecule has 0 aliphatic heterocycles. The zero-order valence-electron chi connectivity index (χ0n) is 10.0. The van der Waals surface area contributed by atoms with E-state index >= 15 is 0 Å². The summed E-state index contributed by atoms with van der Waals surface area (Å²) in [5, 5.41) is 7.12. The van der Waals surface area contributed by atoms with Crippen LogP contribution in [0.4, 0.5) is 0 Å². The first-order valence-corrected chi connectivity index (χ1v) is 7.86. The Balaban J connectivity index is 2.13. The Bertz CT molecular complexity index is 527. The van der Waals surface area contributed by atoms with Gasteiger partial charge in [0.25, 0.3) is 0 Å². The van der Waals surface area contributed by atoms with Gasteiger partial charge in [-0.05, 0) is 31.2 Å². The Kier molecular flexibility index (Phi) is 5.18. The molecule has 0 aliphatic carbocycles. The highest BCUT2D eigenvalue weighted by Gasteiger charge is 2.08. The number of nitrogens with one attached hydrogen (secondary N) is 1. The van der Waals surface area contributed by atoms with E-state index in [1.807, 2.05) is 18.2 Å². The predicted octanol–water partition coefficient (Wildman–Crippen LogP) is 4.73. The van der Waals surface area contributed by atoms with E-state index in [0.717, 1.165) is 45.3 Å².